The zero-order chi connectivity index (χ0) is 86.6. The molecule has 0 spiro atoms. The fraction of sp³-hybridized carbons (Fsp3) is 0.125. The van der Waals surface area contributed by atoms with Crippen molar-refractivity contribution in [1.82, 2.24) is 31.3 Å². The van der Waals surface area contributed by atoms with Crippen molar-refractivity contribution in [2.75, 3.05) is 7.11 Å². The Hall–Kier alpha value is -13.6. The third kappa shape index (κ3) is 24.8. The van der Waals surface area contributed by atoms with Gasteiger partial charge in [0.1, 0.15) is 26.4 Å². The van der Waals surface area contributed by atoms with E-state index in [-0.39, 0.29) is 45.7 Å². The summed E-state index contributed by atoms with van der Waals surface area (Å²) in [5.74, 6) is 1.72. The van der Waals surface area contributed by atoms with Crippen molar-refractivity contribution < 1.29 is 57.7 Å². The van der Waals surface area contributed by atoms with Gasteiger partial charge in [0.2, 0.25) is 23.5 Å². The number of Topliss-reactive ketones (excluding diaryl/α,β-unsaturated/α-hetero) is 4. The first kappa shape index (κ1) is 88.6. The van der Waals surface area contributed by atoms with Crippen LogP contribution in [0.15, 0.2) is 301 Å². The van der Waals surface area contributed by atoms with Gasteiger partial charge in [-0.2, -0.15) is 17.5 Å². The normalized spacial score (nSPS) is 10.6. The molecule has 0 aliphatic carbocycles. The highest BCUT2D eigenvalue weighted by atomic mass is 32.1. The summed E-state index contributed by atoms with van der Waals surface area (Å²) >= 11 is 8.54. The van der Waals surface area contributed by atoms with E-state index in [4.69, 9.17) is 24.1 Å². The van der Waals surface area contributed by atoms with Gasteiger partial charge in [0.25, 0.3) is 17.0 Å². The number of hydroxylamine groups is 1. The lowest BCUT2D eigenvalue weighted by atomic mass is 10.1. The Morgan fingerprint density at radius 2 is 0.634 bits per heavy atom. The molecule has 0 saturated heterocycles. The number of carbonyl (C=O) groups excluding carboxylic acids is 5. The molecule has 18 rings (SSSR count). The van der Waals surface area contributed by atoms with Crippen molar-refractivity contribution in [2.24, 2.45) is 0 Å². The number of benzene rings is 12. The number of aromatic carboxylic acids is 1. The number of hydrogen-bond donors (Lipinski definition) is 3. The Kier molecular flexibility index (Phi) is 31.8. The van der Waals surface area contributed by atoms with Crippen LogP contribution in [0.3, 0.4) is 0 Å². The van der Waals surface area contributed by atoms with Crippen LogP contribution in [0.25, 0.3) is 60.5 Å². The smallest absolute Gasteiger partial charge is 0.335 e. The number of rotatable bonds is 22. The van der Waals surface area contributed by atoms with Crippen LogP contribution in [-0.2, 0) is 44.2 Å². The van der Waals surface area contributed by atoms with E-state index in [0.29, 0.717) is 78.7 Å². The second-order valence-corrected chi connectivity index (χ2v) is 32.4. The molecule has 0 radical (unpaired) electrons. The van der Waals surface area contributed by atoms with E-state index < -0.39 is 5.97 Å². The van der Waals surface area contributed by atoms with Gasteiger partial charge in [-0.3, -0.25) is 46.7 Å². The predicted molar refractivity (Wildman–Crippen MR) is 493 cm³/mol. The Labute approximate surface area is 731 Å². The number of aromatic nitrogens is 6. The molecule has 1 amide bonds. The van der Waals surface area contributed by atoms with Crippen LogP contribution in [0, 0.1) is 0 Å². The maximum Gasteiger partial charge on any atom is 0.335 e. The summed E-state index contributed by atoms with van der Waals surface area (Å²) in [6.07, 6.45) is 1.03. The molecule has 12 aromatic carbocycles. The lowest BCUT2D eigenvalue weighted by molar-refractivity contribution is 0.0537. The van der Waals surface area contributed by atoms with Gasteiger partial charge in [0, 0.05) is 27.8 Å². The van der Waals surface area contributed by atoms with Crippen molar-refractivity contribution in [1.29, 1.82) is 0 Å². The molecule has 27 heteroatoms. The van der Waals surface area contributed by atoms with Crippen molar-refractivity contribution in [2.45, 2.75) is 74.0 Å². The SMILES string of the molecule is CC(=O)c1ccc(COc2nsc3ccccc23)cc1.CC(=O)c1ccc(COc2nsc3ccccc23)cc1.CC(=O)c1ccc(Cn2sc3ccccc3c2=O)cc1.CCc1ccc(C(C)=O)cc1.CONC(=O)c1ccc(COc2nsc3ccccc23)cc1.O=C(O)c1ccc(COc2nsc3ccccc23)cc1.O=c1[nH]sc2ccccc12. The zero-order valence-corrected chi connectivity index (χ0v) is 72.3. The minimum absolute atomic E-state index is 0.0144. The van der Waals surface area contributed by atoms with E-state index in [1.54, 1.807) is 80.2 Å². The fourth-order valence-corrected chi connectivity index (χ4v) is 16.5. The molecule has 0 atom stereocenters. The molecular formula is C96H81N7O14S6. The third-order valence-electron chi connectivity index (χ3n) is 18.6. The van der Waals surface area contributed by atoms with E-state index in [1.165, 1.54) is 81.9 Å². The molecule has 0 aliphatic rings. The number of hydrogen-bond acceptors (Lipinski definition) is 23. The quantitative estimate of drug-likeness (QED) is 0.0420. The highest BCUT2D eigenvalue weighted by Gasteiger charge is 2.15. The molecule has 6 aromatic heterocycles. The van der Waals surface area contributed by atoms with Crippen molar-refractivity contribution in [3.05, 3.63) is 379 Å². The number of H-pyrrole nitrogens is 1. The van der Waals surface area contributed by atoms with E-state index in [9.17, 15) is 38.4 Å². The van der Waals surface area contributed by atoms with Gasteiger partial charge in [-0.15, -0.1) is 0 Å². The second-order valence-electron chi connectivity index (χ2n) is 27.2. The number of aryl methyl sites for hydroxylation is 1. The van der Waals surface area contributed by atoms with E-state index in [1.807, 2.05) is 243 Å². The third-order valence-corrected chi connectivity index (χ3v) is 23.8. The molecule has 123 heavy (non-hydrogen) atoms. The number of aromatic amines is 1. The summed E-state index contributed by atoms with van der Waals surface area (Å²) in [7, 11) is 1.40. The average Bonchev–Trinajstić information content (AvgIpc) is 1.68. The number of ketones is 4. The first-order valence-corrected chi connectivity index (χ1v) is 43.1. The number of nitrogens with zero attached hydrogens (tertiary/aromatic N) is 5. The molecule has 0 saturated carbocycles. The van der Waals surface area contributed by atoms with Crippen LogP contribution in [0.2, 0.25) is 0 Å². The van der Waals surface area contributed by atoms with E-state index in [0.717, 1.165) is 100 Å². The molecule has 21 nitrogen and oxygen atoms in total. The average molecular weight is 1750 g/mol. The molecule has 620 valence electrons. The zero-order valence-electron chi connectivity index (χ0n) is 67.4. The summed E-state index contributed by atoms with van der Waals surface area (Å²) < 4.78 is 51.1. The van der Waals surface area contributed by atoms with Gasteiger partial charge < -0.3 is 24.1 Å². The van der Waals surface area contributed by atoms with Crippen LogP contribution in [-0.4, -0.2) is 73.1 Å². The van der Waals surface area contributed by atoms with Crippen molar-refractivity contribution >= 4 is 165 Å². The molecule has 0 unspecified atom stereocenters. The number of carbonyl (C=O) groups is 6. The largest absolute Gasteiger partial charge is 0.478 e. The standard InChI is InChI=1S/C16H14N2O3S.3C16H13NO2S.C15H11NO3S.C10H12O.C7H5NOS/c1-20-17-15(19)12-8-6-11(7-9-12)10-21-16-13-4-2-3-5-14(13)22-18-16;2*1-11(18)13-8-6-12(7-9-13)10-19-16-14-4-2-3-5-15(14)20-17-16;1-11(18)13-8-6-12(7-9-13)10-17-16(19)14-4-2-3-5-15(14)20-17;17-15(18)11-7-5-10(6-8-11)9-19-14-12-3-1-2-4-13(12)20-16-14;1-3-9-4-6-10(7-5-9)8(2)11;9-7-5-3-1-2-4-6(5)10-8-7/h2-9H,10H2,1H3,(H,17,19);3*2-9H,10H2,1H3;1-8H,9H2,(H,17,18);4-7H,3H2,1-2H3;1-4H,(H,8,9). The Bertz CT molecular complexity index is 6420. The molecule has 18 aromatic rings. The molecule has 0 aliphatic heterocycles. The summed E-state index contributed by atoms with van der Waals surface area (Å²) in [5.41, 5.74) is 12.3. The van der Waals surface area contributed by atoms with Gasteiger partial charge in [-0.05, 0) is 211 Å². The first-order chi connectivity index (χ1) is 59.7. The maximum atomic E-state index is 12.2. The summed E-state index contributed by atoms with van der Waals surface area (Å²) in [5, 5.41) is 14.5. The van der Waals surface area contributed by atoms with Gasteiger partial charge in [0.05, 0.1) is 79.7 Å². The second kappa shape index (κ2) is 44.1. The number of fused-ring (bicyclic) bond motifs is 6. The van der Waals surface area contributed by atoms with Crippen LogP contribution in [0.4, 0.5) is 0 Å². The van der Waals surface area contributed by atoms with E-state index in [2.05, 4.69) is 39.1 Å². The summed E-state index contributed by atoms with van der Waals surface area (Å²) in [6.45, 7) is 10.6. The highest BCUT2D eigenvalue weighted by Crippen LogP contribution is 2.33. The highest BCUT2D eigenvalue weighted by molar-refractivity contribution is 7.15. The fourth-order valence-electron chi connectivity index (χ4n) is 11.8. The van der Waals surface area contributed by atoms with Gasteiger partial charge in [-0.1, -0.05) is 224 Å². The predicted octanol–water partition coefficient (Wildman–Crippen LogP) is 22.3. The minimum atomic E-state index is -0.928. The molecule has 3 N–H and O–H groups in total. The number of carboxylic acid groups (broad SMARTS) is 1. The topological polar surface area (TPSA) is 287 Å². The maximum absolute atomic E-state index is 12.2. The lowest BCUT2D eigenvalue weighted by Gasteiger charge is -2.05. The van der Waals surface area contributed by atoms with Crippen LogP contribution in [0.5, 0.6) is 23.5 Å². The van der Waals surface area contributed by atoms with Gasteiger partial charge in [-0.25, -0.2) is 10.3 Å². The molecule has 0 fully saturated rings. The molecule has 0 bridgehead atoms. The number of ether oxygens (including phenoxy) is 4. The summed E-state index contributed by atoms with van der Waals surface area (Å²) in [6, 6.07) is 90.9. The Morgan fingerprint density at radius 1 is 0.350 bits per heavy atom. The van der Waals surface area contributed by atoms with Crippen LogP contribution >= 0.6 is 69.2 Å². The minimum Gasteiger partial charge on any atom is -0.478 e. The number of nitrogens with one attached hydrogen (secondary N) is 2. The van der Waals surface area contributed by atoms with Gasteiger partial charge >= 0.3 is 5.97 Å². The molecular weight excluding hydrogens is 1670 g/mol. The monoisotopic (exact) mass is 1750 g/mol. The van der Waals surface area contributed by atoms with Crippen molar-refractivity contribution in [3.63, 3.8) is 0 Å². The van der Waals surface area contributed by atoms with Crippen LogP contribution in [0.1, 0.15) is 130 Å². The summed E-state index contributed by atoms with van der Waals surface area (Å²) in [4.78, 5) is 94.6. The Balaban J connectivity index is 0.000000133. The van der Waals surface area contributed by atoms with Crippen molar-refractivity contribution in [3.8, 4) is 23.5 Å². The lowest BCUT2D eigenvalue weighted by Crippen LogP contribution is -2.21. The molecule has 6 heterocycles. The van der Waals surface area contributed by atoms with Gasteiger partial charge in [0.15, 0.2) is 23.1 Å². The van der Waals surface area contributed by atoms with E-state index >= 15 is 0 Å². The number of carboxylic acids is 1. The Morgan fingerprint density at radius 3 is 0.943 bits per heavy atom. The first-order valence-electron chi connectivity index (χ1n) is 38.4. The number of amides is 1. The van der Waals surface area contributed by atoms with Crippen LogP contribution < -0.4 is 35.5 Å².